The first-order chi connectivity index (χ1) is 15.9. The molecule has 0 spiro atoms. The number of aromatic nitrogens is 4. The van der Waals surface area contributed by atoms with Crippen LogP contribution in [0, 0.1) is 13.8 Å². The molecule has 6 nitrogen and oxygen atoms in total. The van der Waals surface area contributed by atoms with Gasteiger partial charge in [0.05, 0.1) is 11.9 Å². The Balaban J connectivity index is 0.00000324. The lowest BCUT2D eigenvalue weighted by atomic mass is 9.73. The van der Waals surface area contributed by atoms with Crippen LogP contribution in [0.4, 0.5) is 0 Å². The molecule has 184 valence electrons. The summed E-state index contributed by atoms with van der Waals surface area (Å²) in [6, 6.07) is 4.34. The number of rotatable bonds is 8. The highest BCUT2D eigenvalue weighted by Gasteiger charge is 2.30. The van der Waals surface area contributed by atoms with E-state index in [1.54, 1.807) is 6.20 Å². The Hall–Kier alpha value is -2.09. The average Bonchev–Trinajstić information content (AvgIpc) is 3.29. The molecular weight excluding hydrogens is 466 g/mol. The van der Waals surface area contributed by atoms with Gasteiger partial charge in [0, 0.05) is 29.7 Å². The molecule has 0 saturated heterocycles. The summed E-state index contributed by atoms with van der Waals surface area (Å²) >= 11 is 1.25. The van der Waals surface area contributed by atoms with Gasteiger partial charge in [-0.15, -0.1) is 12.4 Å². The summed E-state index contributed by atoms with van der Waals surface area (Å²) < 4.78 is 10.6. The third kappa shape index (κ3) is 6.12. The fourth-order valence-electron chi connectivity index (χ4n) is 4.49. The predicted molar refractivity (Wildman–Crippen MR) is 141 cm³/mol. The number of likely N-dealkylation sites (N-methyl/N-ethyl adjacent to an activating group) is 1. The number of nitrogens with zero attached hydrogens (tertiary/aromatic N) is 5. The zero-order valence-electron chi connectivity index (χ0n) is 20.9. The second-order valence-corrected chi connectivity index (χ2v) is 10.3. The Morgan fingerprint density at radius 3 is 2.50 bits per heavy atom. The molecule has 1 saturated carbocycles. The van der Waals surface area contributed by atoms with Crippen molar-refractivity contribution in [2.75, 3.05) is 20.1 Å². The predicted octanol–water partition coefficient (Wildman–Crippen LogP) is 6.54. The summed E-state index contributed by atoms with van der Waals surface area (Å²) in [5.74, 6) is 1.39. The maximum atomic E-state index is 6.12. The largest absolute Gasteiger partial charge is 0.430 e. The number of hydrogen-bond acceptors (Lipinski definition) is 7. The van der Waals surface area contributed by atoms with E-state index in [9.17, 15) is 0 Å². The molecule has 34 heavy (non-hydrogen) atoms. The zero-order valence-corrected chi connectivity index (χ0v) is 22.6. The Labute approximate surface area is 213 Å². The molecule has 0 unspecified atom stereocenters. The van der Waals surface area contributed by atoms with Crippen molar-refractivity contribution in [2.24, 2.45) is 0 Å². The van der Waals surface area contributed by atoms with Crippen LogP contribution in [-0.4, -0.2) is 44.4 Å². The quantitative estimate of drug-likeness (QED) is 0.349. The van der Waals surface area contributed by atoms with Crippen molar-refractivity contribution in [1.29, 1.82) is 0 Å². The zero-order chi connectivity index (χ0) is 23.4. The second-order valence-electron chi connectivity index (χ2n) is 9.58. The lowest BCUT2D eigenvalue weighted by molar-refractivity contribution is 0.311. The van der Waals surface area contributed by atoms with Crippen molar-refractivity contribution in [3.8, 4) is 22.5 Å². The highest BCUT2D eigenvalue weighted by molar-refractivity contribution is 7.07. The van der Waals surface area contributed by atoms with Crippen molar-refractivity contribution in [3.05, 3.63) is 46.9 Å². The topological polar surface area (TPSA) is 64.0 Å². The fourth-order valence-corrected chi connectivity index (χ4v) is 5.04. The Morgan fingerprint density at radius 2 is 1.82 bits per heavy atom. The Morgan fingerprint density at radius 1 is 1.06 bits per heavy atom. The van der Waals surface area contributed by atoms with Crippen molar-refractivity contribution in [2.45, 2.75) is 71.6 Å². The van der Waals surface area contributed by atoms with E-state index < -0.39 is 0 Å². The third-order valence-electron chi connectivity index (χ3n) is 7.00. The molecule has 1 aromatic carbocycles. The lowest BCUT2D eigenvalue weighted by Crippen LogP contribution is -2.26. The van der Waals surface area contributed by atoms with Crippen LogP contribution in [0.3, 0.4) is 0 Å². The molecule has 0 N–H and O–H groups in total. The first kappa shape index (κ1) is 26.5. The number of aryl methyl sites for hydroxylation is 2. The van der Waals surface area contributed by atoms with E-state index in [1.165, 1.54) is 54.8 Å². The molecule has 2 heterocycles. The summed E-state index contributed by atoms with van der Waals surface area (Å²) in [6.07, 6.45) is 11.0. The number of ether oxygens (including phenoxy) is 1. The molecule has 3 aromatic rings. The Bertz CT molecular complexity index is 1080. The highest BCUT2D eigenvalue weighted by Crippen LogP contribution is 2.38. The van der Waals surface area contributed by atoms with Gasteiger partial charge in [-0.25, -0.2) is 4.98 Å². The normalized spacial score (nSPS) is 15.2. The van der Waals surface area contributed by atoms with E-state index in [1.807, 2.05) is 6.20 Å². The van der Waals surface area contributed by atoms with E-state index in [2.05, 4.69) is 66.1 Å². The molecule has 0 bridgehead atoms. The van der Waals surface area contributed by atoms with E-state index in [0.29, 0.717) is 16.7 Å². The van der Waals surface area contributed by atoms with Crippen molar-refractivity contribution < 1.29 is 4.74 Å². The van der Waals surface area contributed by atoms with E-state index in [0.717, 1.165) is 36.5 Å². The standard InChI is InChI=1S/C26H35N5OS.ClH/c1-6-31(5)13-10-20-14-19(3)22(15-18(20)2)32-25-29-24(30-33-25)21-16-28-23(17-27-21)26(4)11-8-7-9-12-26;/h14-17H,6-13H2,1-5H3;1H. The summed E-state index contributed by atoms with van der Waals surface area (Å²) in [5, 5.41) is 0.524. The summed E-state index contributed by atoms with van der Waals surface area (Å²) in [5.41, 5.74) is 5.61. The van der Waals surface area contributed by atoms with E-state index in [-0.39, 0.29) is 17.8 Å². The van der Waals surface area contributed by atoms with E-state index >= 15 is 0 Å². The first-order valence-electron chi connectivity index (χ1n) is 12.0. The van der Waals surface area contributed by atoms with Gasteiger partial charge in [-0.2, -0.15) is 9.36 Å². The molecule has 0 aliphatic heterocycles. The maximum Gasteiger partial charge on any atom is 0.299 e. The van der Waals surface area contributed by atoms with Crippen LogP contribution in [0.25, 0.3) is 11.5 Å². The molecule has 2 aromatic heterocycles. The van der Waals surface area contributed by atoms with Crippen LogP contribution in [0.15, 0.2) is 24.5 Å². The van der Waals surface area contributed by atoms with Crippen LogP contribution in [0.1, 0.15) is 68.3 Å². The summed E-state index contributed by atoms with van der Waals surface area (Å²) in [6.45, 7) is 10.8. The van der Waals surface area contributed by atoms with Crippen molar-refractivity contribution >= 4 is 23.9 Å². The molecule has 0 amide bonds. The summed E-state index contributed by atoms with van der Waals surface area (Å²) in [4.78, 5) is 16.3. The number of halogens is 1. The minimum atomic E-state index is 0. The van der Waals surface area contributed by atoms with Gasteiger partial charge < -0.3 is 9.64 Å². The lowest BCUT2D eigenvalue weighted by Gasteiger charge is -2.32. The number of hydrogen-bond donors (Lipinski definition) is 0. The maximum absolute atomic E-state index is 6.12. The number of benzene rings is 1. The van der Waals surface area contributed by atoms with Crippen LogP contribution in [-0.2, 0) is 11.8 Å². The monoisotopic (exact) mass is 501 g/mol. The Kier molecular flexibility index (Phi) is 9.01. The fraction of sp³-hybridized carbons (Fsp3) is 0.538. The van der Waals surface area contributed by atoms with Gasteiger partial charge in [-0.05, 0) is 69.5 Å². The third-order valence-corrected chi connectivity index (χ3v) is 7.59. The van der Waals surface area contributed by atoms with Crippen LogP contribution >= 0.6 is 23.9 Å². The van der Waals surface area contributed by atoms with Gasteiger partial charge in [-0.1, -0.05) is 39.2 Å². The first-order valence-corrected chi connectivity index (χ1v) is 12.8. The summed E-state index contributed by atoms with van der Waals surface area (Å²) in [7, 11) is 2.15. The van der Waals surface area contributed by atoms with Gasteiger partial charge in [0.25, 0.3) is 5.19 Å². The molecule has 1 aliphatic rings. The SMILES string of the molecule is CCN(C)CCc1cc(C)c(Oc2nc(-c3cnc(C4(C)CCCCC4)cn3)ns2)cc1C.Cl. The molecule has 1 aliphatic carbocycles. The molecule has 1 fully saturated rings. The molecular formula is C26H36ClN5OS. The molecule has 0 atom stereocenters. The van der Waals surface area contributed by atoms with Gasteiger partial charge in [0.1, 0.15) is 11.4 Å². The van der Waals surface area contributed by atoms with Crippen LogP contribution < -0.4 is 4.74 Å². The van der Waals surface area contributed by atoms with Gasteiger partial charge >= 0.3 is 0 Å². The van der Waals surface area contributed by atoms with E-state index in [4.69, 9.17) is 9.72 Å². The van der Waals surface area contributed by atoms with Gasteiger partial charge in [-0.3, -0.25) is 4.98 Å². The smallest absolute Gasteiger partial charge is 0.299 e. The molecule has 4 rings (SSSR count). The van der Waals surface area contributed by atoms with Gasteiger partial charge in [0.15, 0.2) is 5.82 Å². The average molecular weight is 502 g/mol. The highest BCUT2D eigenvalue weighted by atomic mass is 35.5. The van der Waals surface area contributed by atoms with Crippen molar-refractivity contribution in [3.63, 3.8) is 0 Å². The minimum absolute atomic E-state index is 0. The van der Waals surface area contributed by atoms with Gasteiger partial charge in [0.2, 0.25) is 0 Å². The van der Waals surface area contributed by atoms with Crippen molar-refractivity contribution in [1.82, 2.24) is 24.2 Å². The second kappa shape index (κ2) is 11.6. The minimum Gasteiger partial charge on any atom is -0.430 e. The molecule has 0 radical (unpaired) electrons. The molecule has 8 heteroatoms. The van der Waals surface area contributed by atoms with Crippen LogP contribution in [0.5, 0.6) is 10.9 Å². The van der Waals surface area contributed by atoms with Crippen LogP contribution in [0.2, 0.25) is 0 Å².